The number of phenols is 1. The van der Waals surface area contributed by atoms with Crippen molar-refractivity contribution in [2.75, 3.05) is 7.11 Å². The van der Waals surface area contributed by atoms with Crippen LogP contribution in [0.5, 0.6) is 11.5 Å². The summed E-state index contributed by atoms with van der Waals surface area (Å²) in [6, 6.07) is 10.3. The van der Waals surface area contributed by atoms with Crippen molar-refractivity contribution >= 4 is 61.1 Å². The van der Waals surface area contributed by atoms with Gasteiger partial charge in [0, 0.05) is 20.1 Å². The molecule has 5 nitrogen and oxygen atoms in total. The molecule has 128 valence electrons. The lowest BCUT2D eigenvalue weighted by Gasteiger charge is -2.00. The van der Waals surface area contributed by atoms with Crippen LogP contribution in [0.25, 0.3) is 10.1 Å². The molecule has 3 rings (SSSR count). The van der Waals surface area contributed by atoms with Crippen LogP contribution in [-0.4, -0.2) is 24.3 Å². The minimum absolute atomic E-state index is 0.0631. The first kappa shape index (κ1) is 17.7. The lowest BCUT2D eigenvalue weighted by Crippen LogP contribution is -2.16. The average molecular weight is 440 g/mol. The molecule has 0 unspecified atom stereocenters. The van der Waals surface area contributed by atoms with E-state index in [0.29, 0.717) is 21.2 Å². The van der Waals surface area contributed by atoms with E-state index in [1.54, 1.807) is 25.3 Å². The van der Waals surface area contributed by atoms with E-state index in [2.05, 4.69) is 26.5 Å². The van der Waals surface area contributed by atoms with E-state index < -0.39 is 5.91 Å². The number of methoxy groups -OCH3 is 1. The lowest BCUT2D eigenvalue weighted by atomic mass is 10.2. The van der Waals surface area contributed by atoms with E-state index in [9.17, 15) is 9.90 Å². The molecule has 0 spiro atoms. The standard InChI is InChI=1S/C17H12BrClN2O3S/c1-24-11-3-4-12-14(7-11)25-16(15(12)19)17(23)21-20-8-9-6-10(18)2-5-13(9)22/h2-8,22H,1H3,(H,21,23). The maximum atomic E-state index is 12.3. The summed E-state index contributed by atoms with van der Waals surface area (Å²) in [5, 5.41) is 14.8. The van der Waals surface area contributed by atoms with Gasteiger partial charge in [0.15, 0.2) is 0 Å². The van der Waals surface area contributed by atoms with Crippen molar-refractivity contribution in [1.29, 1.82) is 0 Å². The van der Waals surface area contributed by atoms with Gasteiger partial charge in [-0.15, -0.1) is 11.3 Å². The normalized spacial score (nSPS) is 11.2. The number of nitrogens with zero attached hydrogens (tertiary/aromatic N) is 1. The Morgan fingerprint density at radius 1 is 1.36 bits per heavy atom. The van der Waals surface area contributed by atoms with Crippen LogP contribution >= 0.6 is 38.9 Å². The number of carbonyl (C=O) groups excluding carboxylic acids is 1. The SMILES string of the molecule is COc1ccc2c(Cl)c(C(=O)NN=Cc3cc(Br)ccc3O)sc2c1. The topological polar surface area (TPSA) is 70.9 Å². The molecule has 25 heavy (non-hydrogen) atoms. The minimum atomic E-state index is -0.420. The zero-order chi connectivity index (χ0) is 18.0. The van der Waals surface area contributed by atoms with Crippen molar-refractivity contribution in [3.63, 3.8) is 0 Å². The zero-order valence-corrected chi connectivity index (χ0v) is 16.1. The molecule has 0 atom stereocenters. The molecule has 0 bridgehead atoms. The van der Waals surface area contributed by atoms with Crippen molar-refractivity contribution in [3.05, 3.63) is 56.3 Å². The van der Waals surface area contributed by atoms with Crippen LogP contribution in [0.3, 0.4) is 0 Å². The van der Waals surface area contributed by atoms with E-state index in [4.69, 9.17) is 16.3 Å². The number of hydrogen-bond acceptors (Lipinski definition) is 5. The van der Waals surface area contributed by atoms with Gasteiger partial charge in [-0.25, -0.2) is 5.43 Å². The fourth-order valence-electron chi connectivity index (χ4n) is 2.16. The Morgan fingerprint density at radius 2 is 2.16 bits per heavy atom. The summed E-state index contributed by atoms with van der Waals surface area (Å²) in [6.45, 7) is 0. The van der Waals surface area contributed by atoms with Crippen LogP contribution in [0.4, 0.5) is 0 Å². The average Bonchev–Trinajstić information content (AvgIpc) is 2.94. The van der Waals surface area contributed by atoms with E-state index in [0.717, 1.165) is 14.6 Å². The maximum absolute atomic E-state index is 12.3. The maximum Gasteiger partial charge on any atom is 0.283 e. The summed E-state index contributed by atoms with van der Waals surface area (Å²) in [4.78, 5) is 12.7. The lowest BCUT2D eigenvalue weighted by molar-refractivity contribution is 0.0959. The summed E-state index contributed by atoms with van der Waals surface area (Å²) in [6.07, 6.45) is 1.36. The Labute approximate surface area is 161 Å². The molecular weight excluding hydrogens is 428 g/mol. The van der Waals surface area contributed by atoms with Crippen molar-refractivity contribution < 1.29 is 14.6 Å². The van der Waals surface area contributed by atoms with Crippen molar-refractivity contribution in [2.24, 2.45) is 5.10 Å². The highest BCUT2D eigenvalue weighted by Gasteiger charge is 2.17. The molecular formula is C17H12BrClN2O3S. The molecule has 0 saturated carbocycles. The molecule has 1 heterocycles. The molecule has 0 aliphatic carbocycles. The van der Waals surface area contributed by atoms with Gasteiger partial charge in [0.1, 0.15) is 16.4 Å². The summed E-state index contributed by atoms with van der Waals surface area (Å²) in [5.74, 6) is 0.338. The van der Waals surface area contributed by atoms with Crippen molar-refractivity contribution in [2.45, 2.75) is 0 Å². The number of benzene rings is 2. The number of halogens is 2. The number of aromatic hydroxyl groups is 1. The number of rotatable bonds is 4. The number of thiophene rings is 1. The highest BCUT2D eigenvalue weighted by Crippen LogP contribution is 2.37. The number of phenolic OH excluding ortho intramolecular Hbond substituents is 1. The summed E-state index contributed by atoms with van der Waals surface area (Å²) in [5.41, 5.74) is 2.90. The van der Waals surface area contributed by atoms with Crippen LogP contribution < -0.4 is 10.2 Å². The van der Waals surface area contributed by atoms with Crippen LogP contribution in [0.2, 0.25) is 5.02 Å². The van der Waals surface area contributed by atoms with Crippen LogP contribution in [-0.2, 0) is 0 Å². The van der Waals surface area contributed by atoms with Gasteiger partial charge in [0.25, 0.3) is 5.91 Å². The van der Waals surface area contributed by atoms with Gasteiger partial charge in [0.2, 0.25) is 0 Å². The Hall–Kier alpha value is -2.09. The molecule has 0 saturated heterocycles. The first-order valence-electron chi connectivity index (χ1n) is 7.07. The Kier molecular flexibility index (Phi) is 5.27. The van der Waals surface area contributed by atoms with Crippen molar-refractivity contribution in [1.82, 2.24) is 5.43 Å². The molecule has 0 aliphatic rings. The molecule has 2 aromatic carbocycles. The monoisotopic (exact) mass is 438 g/mol. The van der Waals surface area contributed by atoms with Gasteiger partial charge < -0.3 is 9.84 Å². The zero-order valence-electron chi connectivity index (χ0n) is 12.9. The molecule has 0 radical (unpaired) electrons. The number of hydrogen-bond donors (Lipinski definition) is 2. The minimum Gasteiger partial charge on any atom is -0.507 e. The second kappa shape index (κ2) is 7.43. The van der Waals surface area contributed by atoms with Gasteiger partial charge in [0.05, 0.1) is 18.3 Å². The molecule has 3 aromatic rings. The molecule has 0 aliphatic heterocycles. The van der Waals surface area contributed by atoms with E-state index >= 15 is 0 Å². The highest BCUT2D eigenvalue weighted by atomic mass is 79.9. The predicted octanol–water partition coefficient (Wildman–Crippen LogP) is 4.80. The summed E-state index contributed by atoms with van der Waals surface area (Å²) in [7, 11) is 1.58. The molecule has 1 amide bonds. The third kappa shape index (κ3) is 3.78. The molecule has 1 aromatic heterocycles. The predicted molar refractivity (Wildman–Crippen MR) is 104 cm³/mol. The fourth-order valence-corrected chi connectivity index (χ4v) is 3.97. The molecule has 0 fully saturated rings. The highest BCUT2D eigenvalue weighted by molar-refractivity contribution is 9.10. The van der Waals surface area contributed by atoms with E-state index in [1.165, 1.54) is 23.6 Å². The van der Waals surface area contributed by atoms with E-state index in [1.807, 2.05) is 12.1 Å². The molecule has 8 heteroatoms. The number of nitrogens with one attached hydrogen (secondary N) is 1. The number of ether oxygens (including phenoxy) is 1. The Morgan fingerprint density at radius 3 is 2.92 bits per heavy atom. The first-order valence-corrected chi connectivity index (χ1v) is 9.06. The number of hydrazone groups is 1. The van der Waals surface area contributed by atoms with E-state index in [-0.39, 0.29) is 5.75 Å². The molecule has 2 N–H and O–H groups in total. The number of fused-ring (bicyclic) bond motifs is 1. The van der Waals surface area contributed by atoms with Crippen molar-refractivity contribution in [3.8, 4) is 11.5 Å². The largest absolute Gasteiger partial charge is 0.507 e. The fraction of sp³-hybridized carbons (Fsp3) is 0.0588. The van der Waals surface area contributed by atoms with Crippen LogP contribution in [0.15, 0.2) is 46.0 Å². The second-order valence-electron chi connectivity index (χ2n) is 5.01. The van der Waals surface area contributed by atoms with Gasteiger partial charge in [-0.2, -0.15) is 5.10 Å². The smallest absolute Gasteiger partial charge is 0.283 e. The van der Waals surface area contributed by atoms with Crippen LogP contribution in [0, 0.1) is 0 Å². The second-order valence-corrected chi connectivity index (χ2v) is 7.36. The van der Waals surface area contributed by atoms with Crippen LogP contribution in [0.1, 0.15) is 15.2 Å². The third-order valence-electron chi connectivity index (χ3n) is 3.40. The summed E-state index contributed by atoms with van der Waals surface area (Å²) >= 11 is 10.9. The number of amides is 1. The number of carbonyl (C=O) groups is 1. The van der Waals surface area contributed by atoms with Gasteiger partial charge in [-0.3, -0.25) is 4.79 Å². The quantitative estimate of drug-likeness (QED) is 0.453. The van der Waals surface area contributed by atoms with Gasteiger partial charge in [-0.1, -0.05) is 27.5 Å². The first-order chi connectivity index (χ1) is 12.0. The Bertz CT molecular complexity index is 987. The summed E-state index contributed by atoms with van der Waals surface area (Å²) < 4.78 is 6.82. The van der Waals surface area contributed by atoms with Gasteiger partial charge in [-0.05, 0) is 36.4 Å². The third-order valence-corrected chi connectivity index (χ3v) is 5.55. The Balaban J connectivity index is 1.81. The van der Waals surface area contributed by atoms with Gasteiger partial charge >= 0.3 is 0 Å².